The van der Waals surface area contributed by atoms with Crippen LogP contribution in [0, 0.1) is 29.9 Å². The van der Waals surface area contributed by atoms with E-state index in [9.17, 15) is 28.1 Å². The van der Waals surface area contributed by atoms with Crippen molar-refractivity contribution >= 4 is 33.2 Å². The summed E-state index contributed by atoms with van der Waals surface area (Å²) in [6.45, 7) is 8.92. The third kappa shape index (κ3) is 7.77. The van der Waals surface area contributed by atoms with Crippen molar-refractivity contribution in [3.05, 3.63) is 69.3 Å². The molecule has 196 valence electrons. The van der Waals surface area contributed by atoms with Crippen molar-refractivity contribution in [3.63, 3.8) is 0 Å². The maximum atomic E-state index is 13.6. The van der Waals surface area contributed by atoms with Crippen molar-refractivity contribution in [3.8, 4) is 0 Å². The van der Waals surface area contributed by atoms with Crippen LogP contribution in [0.2, 0.25) is 0 Å². The van der Waals surface area contributed by atoms with Crippen LogP contribution in [0.4, 0.5) is 11.4 Å². The number of anilines is 1. The Hall–Kier alpha value is -3.47. The molecule has 11 heteroatoms. The van der Waals surface area contributed by atoms with Gasteiger partial charge >= 0.3 is 0 Å². The number of benzene rings is 2. The molecule has 0 unspecified atom stereocenters. The first-order chi connectivity index (χ1) is 16.7. The van der Waals surface area contributed by atoms with Gasteiger partial charge in [0, 0.05) is 25.2 Å². The Labute approximate surface area is 212 Å². The number of hydrogen-bond donors (Lipinski definition) is 1. The topological polar surface area (TPSA) is 130 Å². The first-order valence-electron chi connectivity index (χ1n) is 11.6. The average molecular weight is 519 g/mol. The Balaban J connectivity index is 2.45. The van der Waals surface area contributed by atoms with E-state index in [4.69, 9.17) is 0 Å². The van der Waals surface area contributed by atoms with Gasteiger partial charge < -0.3 is 10.2 Å². The summed E-state index contributed by atoms with van der Waals surface area (Å²) < 4.78 is 26.3. The van der Waals surface area contributed by atoms with Gasteiger partial charge in [0.1, 0.15) is 12.6 Å². The number of hydrogen-bond acceptors (Lipinski definition) is 6. The lowest BCUT2D eigenvalue weighted by Gasteiger charge is -2.32. The lowest BCUT2D eigenvalue weighted by Crippen LogP contribution is -2.51. The number of rotatable bonds is 11. The summed E-state index contributed by atoms with van der Waals surface area (Å²) in [7, 11) is -3.99. The number of amides is 2. The summed E-state index contributed by atoms with van der Waals surface area (Å²) in [5, 5.41) is 14.1. The maximum Gasteiger partial charge on any atom is 0.271 e. The molecule has 2 amide bonds. The molecule has 0 saturated carbocycles. The van der Waals surface area contributed by atoms with Crippen LogP contribution in [0.3, 0.4) is 0 Å². The highest BCUT2D eigenvalue weighted by molar-refractivity contribution is 7.92. The van der Waals surface area contributed by atoms with Gasteiger partial charge in [-0.25, -0.2) is 8.42 Å². The number of sulfonamides is 1. The van der Waals surface area contributed by atoms with Crippen LogP contribution in [-0.4, -0.2) is 55.4 Å². The fraction of sp³-hybridized carbons (Fsp3) is 0.440. The molecule has 10 nitrogen and oxygen atoms in total. The first-order valence-corrected chi connectivity index (χ1v) is 13.4. The molecule has 0 aliphatic carbocycles. The molecule has 0 spiro atoms. The lowest BCUT2D eigenvalue weighted by molar-refractivity contribution is -0.384. The van der Waals surface area contributed by atoms with Crippen molar-refractivity contribution in [2.24, 2.45) is 5.92 Å². The van der Waals surface area contributed by atoms with Gasteiger partial charge in [0.15, 0.2) is 0 Å². The van der Waals surface area contributed by atoms with Crippen molar-refractivity contribution in [1.29, 1.82) is 0 Å². The average Bonchev–Trinajstić information content (AvgIpc) is 2.79. The second-order valence-electron chi connectivity index (χ2n) is 9.32. The molecule has 2 aromatic rings. The van der Waals surface area contributed by atoms with E-state index in [0.29, 0.717) is 12.1 Å². The Bertz CT molecular complexity index is 1210. The predicted molar refractivity (Wildman–Crippen MR) is 139 cm³/mol. The number of non-ortho nitro benzene ring substituents is 1. The van der Waals surface area contributed by atoms with Crippen LogP contribution >= 0.6 is 0 Å². The minimum atomic E-state index is -3.99. The van der Waals surface area contributed by atoms with Crippen LogP contribution in [0.1, 0.15) is 37.5 Å². The third-order valence-corrected chi connectivity index (χ3v) is 6.80. The van der Waals surface area contributed by atoms with Crippen LogP contribution in [0.25, 0.3) is 0 Å². The molecule has 0 aromatic heterocycles. The van der Waals surface area contributed by atoms with Crippen molar-refractivity contribution in [2.75, 3.05) is 23.7 Å². The van der Waals surface area contributed by atoms with Gasteiger partial charge in [0.05, 0.1) is 16.9 Å². The molecule has 0 saturated heterocycles. The zero-order valence-electron chi connectivity index (χ0n) is 21.5. The Morgan fingerprint density at radius 2 is 1.67 bits per heavy atom. The molecule has 36 heavy (non-hydrogen) atoms. The maximum absolute atomic E-state index is 13.6. The van der Waals surface area contributed by atoms with Gasteiger partial charge in [-0.15, -0.1) is 0 Å². The Morgan fingerprint density at radius 1 is 1.06 bits per heavy atom. The van der Waals surface area contributed by atoms with E-state index in [0.717, 1.165) is 27.8 Å². The van der Waals surface area contributed by atoms with Gasteiger partial charge in [-0.1, -0.05) is 49.7 Å². The number of nitro benzene ring substituents is 1. The molecule has 2 rings (SSSR count). The number of carbonyl (C=O) groups is 2. The number of nitrogens with zero attached hydrogens (tertiary/aromatic N) is 3. The molecule has 1 N–H and O–H groups in total. The fourth-order valence-electron chi connectivity index (χ4n) is 3.50. The van der Waals surface area contributed by atoms with Gasteiger partial charge in [-0.3, -0.25) is 24.0 Å². The van der Waals surface area contributed by atoms with E-state index in [1.165, 1.54) is 17.0 Å². The highest BCUT2D eigenvalue weighted by Gasteiger charge is 2.31. The molecule has 0 heterocycles. The van der Waals surface area contributed by atoms with Crippen molar-refractivity contribution in [2.45, 2.75) is 47.2 Å². The quantitative estimate of drug-likeness (QED) is 0.359. The second kappa shape index (κ2) is 12.0. The molecular weight excluding hydrogens is 484 g/mol. The second-order valence-corrected chi connectivity index (χ2v) is 11.2. The zero-order valence-corrected chi connectivity index (χ0v) is 22.3. The Morgan fingerprint density at radius 3 is 2.19 bits per heavy atom. The van der Waals surface area contributed by atoms with E-state index in [1.807, 2.05) is 45.0 Å². The molecule has 0 radical (unpaired) electrons. The summed E-state index contributed by atoms with van der Waals surface area (Å²) in [5.74, 6) is -0.763. The standard InChI is InChI=1S/C25H34N4O6S/c1-17(2)14-26-25(31)20(5)27(15-21-10-7-18(3)8-11-21)24(30)16-28(36(6,34)35)23-13-22(29(32)33)12-9-19(23)4/h7-13,17,20H,14-16H2,1-6H3,(H,26,31)/t20-/m0/s1. The zero-order chi connectivity index (χ0) is 27.2. The van der Waals surface area contributed by atoms with Crippen LogP contribution in [-0.2, 0) is 26.2 Å². The molecule has 0 fully saturated rings. The lowest BCUT2D eigenvalue weighted by atomic mass is 10.1. The van der Waals surface area contributed by atoms with E-state index < -0.39 is 33.4 Å². The number of nitrogens with one attached hydrogen (secondary N) is 1. The minimum absolute atomic E-state index is 0.0345. The van der Waals surface area contributed by atoms with E-state index in [2.05, 4.69) is 5.32 Å². The smallest absolute Gasteiger partial charge is 0.271 e. The highest BCUT2D eigenvalue weighted by Crippen LogP contribution is 2.28. The molecular formula is C25H34N4O6S. The largest absolute Gasteiger partial charge is 0.354 e. The summed E-state index contributed by atoms with van der Waals surface area (Å²) in [4.78, 5) is 38.4. The fourth-order valence-corrected chi connectivity index (χ4v) is 4.40. The van der Waals surface area contributed by atoms with E-state index in [-0.39, 0.29) is 29.7 Å². The number of carbonyl (C=O) groups excluding carboxylic acids is 2. The molecule has 1 atom stereocenters. The van der Waals surface area contributed by atoms with Crippen LogP contribution < -0.4 is 9.62 Å². The molecule has 0 aliphatic rings. The monoisotopic (exact) mass is 518 g/mol. The summed E-state index contributed by atoms with van der Waals surface area (Å²) in [6, 6.07) is 10.4. The van der Waals surface area contributed by atoms with Crippen molar-refractivity contribution < 1.29 is 22.9 Å². The van der Waals surface area contributed by atoms with Gasteiger partial charge in [-0.05, 0) is 37.8 Å². The van der Waals surface area contributed by atoms with Crippen molar-refractivity contribution in [1.82, 2.24) is 10.2 Å². The summed E-state index contributed by atoms with van der Waals surface area (Å²) >= 11 is 0. The number of aryl methyl sites for hydroxylation is 2. The minimum Gasteiger partial charge on any atom is -0.354 e. The number of nitro groups is 1. The highest BCUT2D eigenvalue weighted by atomic mass is 32.2. The summed E-state index contributed by atoms with van der Waals surface area (Å²) in [6.07, 6.45) is 0.932. The first kappa shape index (κ1) is 28.8. The normalized spacial score (nSPS) is 12.2. The molecule has 2 aromatic carbocycles. The molecule has 0 bridgehead atoms. The Kier molecular flexibility index (Phi) is 9.57. The summed E-state index contributed by atoms with van der Waals surface area (Å²) in [5.41, 5.74) is 1.99. The van der Waals surface area contributed by atoms with Gasteiger partial charge in [-0.2, -0.15) is 0 Å². The van der Waals surface area contributed by atoms with E-state index in [1.54, 1.807) is 13.8 Å². The van der Waals surface area contributed by atoms with E-state index >= 15 is 0 Å². The predicted octanol–water partition coefficient (Wildman–Crippen LogP) is 3.17. The SMILES string of the molecule is Cc1ccc(CN(C(=O)CN(c2cc([N+](=O)[O-])ccc2C)S(C)(=O)=O)[C@@H](C)C(=O)NCC(C)C)cc1. The van der Waals surface area contributed by atoms with Gasteiger partial charge in [0.2, 0.25) is 21.8 Å². The van der Waals surface area contributed by atoms with Crippen LogP contribution in [0.15, 0.2) is 42.5 Å². The van der Waals surface area contributed by atoms with Gasteiger partial charge in [0.25, 0.3) is 5.69 Å². The molecule has 0 aliphatic heterocycles. The van der Waals surface area contributed by atoms with Crippen LogP contribution in [0.5, 0.6) is 0 Å². The third-order valence-electron chi connectivity index (χ3n) is 5.68.